The summed E-state index contributed by atoms with van der Waals surface area (Å²) in [6, 6.07) is 5.48. The van der Waals surface area contributed by atoms with Crippen LogP contribution in [0.5, 0.6) is 0 Å². The largest absolute Gasteiger partial charge is 0.240 e. The molecule has 0 aliphatic rings. The average molecular weight is 171 g/mol. The molecule has 1 aromatic carbocycles. The molecule has 0 saturated carbocycles. The van der Waals surface area contributed by atoms with Crippen molar-refractivity contribution in [2.24, 2.45) is 4.99 Å². The van der Waals surface area contributed by atoms with Gasteiger partial charge in [-0.2, -0.15) is 4.99 Å². The highest BCUT2D eigenvalue weighted by Crippen LogP contribution is 2.21. The molecular weight excluding hydrogens is 162 g/mol. The van der Waals surface area contributed by atoms with Crippen LogP contribution in [-0.4, -0.2) is 6.08 Å². The number of carbonyl (C=O) groups excluding carboxylic acids is 1. The van der Waals surface area contributed by atoms with Gasteiger partial charge in [-0.1, -0.05) is 37.4 Å². The number of hydrogen-bond donors (Lipinski definition) is 0. The van der Waals surface area contributed by atoms with Crippen LogP contribution < -0.4 is 0 Å². The summed E-state index contributed by atoms with van der Waals surface area (Å²) in [5.41, 5.74) is 2.30. The minimum Gasteiger partial charge on any atom is -0.211 e. The molecule has 0 amide bonds. The molecule has 2 nitrogen and oxygen atoms in total. The molecule has 2 heteroatoms. The third-order valence-corrected chi connectivity index (χ3v) is 1.68. The predicted molar refractivity (Wildman–Crippen MR) is 54.4 cm³/mol. The molecule has 0 aliphatic carbocycles. The normalized spacial score (nSPS) is 8.62. The standard InChI is InChI=1S/C11H9NO/c1-3-9-5-6-10(4-2)11(7-9)12-8-13/h3-7H,1-2H2. The molecule has 64 valence electrons. The molecule has 0 aliphatic heterocycles. The Morgan fingerprint density at radius 2 is 2.08 bits per heavy atom. The van der Waals surface area contributed by atoms with Gasteiger partial charge in [-0.15, -0.1) is 0 Å². The second-order valence-corrected chi connectivity index (χ2v) is 2.43. The molecule has 0 aromatic heterocycles. The van der Waals surface area contributed by atoms with Crippen molar-refractivity contribution in [3.05, 3.63) is 42.5 Å². The van der Waals surface area contributed by atoms with Crippen LogP contribution in [0.3, 0.4) is 0 Å². The first-order valence-corrected chi connectivity index (χ1v) is 3.78. The zero-order chi connectivity index (χ0) is 9.68. The van der Waals surface area contributed by atoms with Crippen molar-refractivity contribution in [2.75, 3.05) is 0 Å². The van der Waals surface area contributed by atoms with E-state index in [0.717, 1.165) is 11.1 Å². The average Bonchev–Trinajstić information content (AvgIpc) is 2.18. The van der Waals surface area contributed by atoms with Crippen molar-refractivity contribution < 1.29 is 4.79 Å². The quantitative estimate of drug-likeness (QED) is 0.507. The molecular formula is C11H9NO. The van der Waals surface area contributed by atoms with Crippen LogP contribution in [0, 0.1) is 0 Å². The summed E-state index contributed by atoms with van der Waals surface area (Å²) in [5, 5.41) is 0. The summed E-state index contributed by atoms with van der Waals surface area (Å²) in [5.74, 6) is 0. The number of aliphatic imine (C=N–C) groups is 1. The summed E-state index contributed by atoms with van der Waals surface area (Å²) >= 11 is 0. The lowest BCUT2D eigenvalue weighted by Gasteiger charge is -1.99. The van der Waals surface area contributed by atoms with Crippen LogP contribution in [-0.2, 0) is 4.79 Å². The van der Waals surface area contributed by atoms with Gasteiger partial charge in [0.1, 0.15) is 0 Å². The van der Waals surface area contributed by atoms with Crippen molar-refractivity contribution in [3.8, 4) is 0 Å². The fourth-order valence-electron chi connectivity index (χ4n) is 1.01. The monoisotopic (exact) mass is 171 g/mol. The van der Waals surface area contributed by atoms with Crippen LogP contribution in [0.25, 0.3) is 12.2 Å². The van der Waals surface area contributed by atoms with Crippen molar-refractivity contribution in [1.29, 1.82) is 0 Å². The van der Waals surface area contributed by atoms with Gasteiger partial charge in [-0.25, -0.2) is 4.79 Å². The first-order valence-electron chi connectivity index (χ1n) is 3.78. The lowest BCUT2D eigenvalue weighted by Crippen LogP contribution is -1.76. The first-order chi connectivity index (χ1) is 6.31. The predicted octanol–water partition coefficient (Wildman–Crippen LogP) is 2.94. The smallest absolute Gasteiger partial charge is 0.211 e. The molecule has 0 unspecified atom stereocenters. The van der Waals surface area contributed by atoms with Gasteiger partial charge in [0.05, 0.1) is 5.69 Å². The number of nitrogens with zero attached hydrogens (tertiary/aromatic N) is 1. The maximum Gasteiger partial charge on any atom is 0.240 e. The lowest BCUT2D eigenvalue weighted by atomic mass is 10.1. The van der Waals surface area contributed by atoms with Crippen LogP contribution >= 0.6 is 0 Å². The highest BCUT2D eigenvalue weighted by molar-refractivity contribution is 5.69. The molecule has 0 N–H and O–H groups in total. The Labute approximate surface area is 76.9 Å². The minimum atomic E-state index is 0.572. The van der Waals surface area contributed by atoms with Gasteiger partial charge in [-0.3, -0.25) is 0 Å². The van der Waals surface area contributed by atoms with Gasteiger partial charge in [0.2, 0.25) is 6.08 Å². The molecule has 0 heterocycles. The third-order valence-electron chi connectivity index (χ3n) is 1.68. The Morgan fingerprint density at radius 3 is 2.62 bits per heavy atom. The van der Waals surface area contributed by atoms with Crippen molar-refractivity contribution >= 4 is 23.9 Å². The Hall–Kier alpha value is -1.92. The van der Waals surface area contributed by atoms with E-state index in [1.807, 2.05) is 12.1 Å². The molecule has 13 heavy (non-hydrogen) atoms. The van der Waals surface area contributed by atoms with Crippen LogP contribution in [0.1, 0.15) is 11.1 Å². The SMILES string of the molecule is C=Cc1ccc(C=C)c(N=C=O)c1. The molecule has 1 rings (SSSR count). The number of hydrogen-bond acceptors (Lipinski definition) is 2. The molecule has 0 radical (unpaired) electrons. The van der Waals surface area contributed by atoms with Crippen LogP contribution in [0.2, 0.25) is 0 Å². The van der Waals surface area contributed by atoms with Crippen molar-refractivity contribution in [1.82, 2.24) is 0 Å². The minimum absolute atomic E-state index is 0.572. The van der Waals surface area contributed by atoms with E-state index in [1.54, 1.807) is 18.2 Å². The van der Waals surface area contributed by atoms with Crippen LogP contribution in [0.15, 0.2) is 36.3 Å². The third kappa shape index (κ3) is 2.01. The van der Waals surface area contributed by atoms with Gasteiger partial charge in [-0.05, 0) is 11.6 Å². The zero-order valence-corrected chi connectivity index (χ0v) is 7.16. The maximum atomic E-state index is 10.1. The van der Waals surface area contributed by atoms with Crippen molar-refractivity contribution in [2.45, 2.75) is 0 Å². The van der Waals surface area contributed by atoms with Crippen LogP contribution in [0.4, 0.5) is 5.69 Å². The van der Waals surface area contributed by atoms with E-state index in [4.69, 9.17) is 0 Å². The van der Waals surface area contributed by atoms with Gasteiger partial charge in [0.25, 0.3) is 0 Å². The summed E-state index contributed by atoms with van der Waals surface area (Å²) in [4.78, 5) is 13.7. The summed E-state index contributed by atoms with van der Waals surface area (Å²) in [7, 11) is 0. The van der Waals surface area contributed by atoms with E-state index in [0.29, 0.717) is 5.69 Å². The highest BCUT2D eigenvalue weighted by atomic mass is 16.1. The van der Waals surface area contributed by atoms with E-state index < -0.39 is 0 Å². The second kappa shape index (κ2) is 4.19. The van der Waals surface area contributed by atoms with E-state index in [9.17, 15) is 4.79 Å². The van der Waals surface area contributed by atoms with Crippen molar-refractivity contribution in [3.63, 3.8) is 0 Å². The van der Waals surface area contributed by atoms with E-state index in [1.165, 1.54) is 6.08 Å². The topological polar surface area (TPSA) is 29.4 Å². The molecule has 0 fully saturated rings. The number of benzene rings is 1. The van der Waals surface area contributed by atoms with Gasteiger partial charge in [0, 0.05) is 5.56 Å². The Bertz CT molecular complexity index is 387. The molecule has 0 bridgehead atoms. The highest BCUT2D eigenvalue weighted by Gasteiger charge is 1.97. The summed E-state index contributed by atoms with van der Waals surface area (Å²) in [6.07, 6.45) is 4.84. The molecule has 0 spiro atoms. The Balaban J connectivity index is 3.32. The Morgan fingerprint density at radius 1 is 1.31 bits per heavy atom. The van der Waals surface area contributed by atoms with Gasteiger partial charge < -0.3 is 0 Å². The Kier molecular flexibility index (Phi) is 2.96. The van der Waals surface area contributed by atoms with E-state index >= 15 is 0 Å². The van der Waals surface area contributed by atoms with Gasteiger partial charge in [0.15, 0.2) is 0 Å². The lowest BCUT2D eigenvalue weighted by molar-refractivity contribution is 0.565. The molecule has 0 saturated heterocycles. The molecule has 0 atom stereocenters. The van der Waals surface area contributed by atoms with Gasteiger partial charge >= 0.3 is 0 Å². The summed E-state index contributed by atoms with van der Waals surface area (Å²) < 4.78 is 0. The fraction of sp³-hybridized carbons (Fsp3) is 0. The maximum absolute atomic E-state index is 10.1. The zero-order valence-electron chi connectivity index (χ0n) is 7.16. The summed E-state index contributed by atoms with van der Waals surface area (Å²) in [6.45, 7) is 7.24. The first kappa shape index (κ1) is 9.17. The van der Waals surface area contributed by atoms with E-state index in [-0.39, 0.29) is 0 Å². The number of isocyanates is 1. The number of rotatable bonds is 3. The van der Waals surface area contributed by atoms with E-state index in [2.05, 4.69) is 18.2 Å². The molecule has 1 aromatic rings. The second-order valence-electron chi connectivity index (χ2n) is 2.43. The fourth-order valence-corrected chi connectivity index (χ4v) is 1.01.